The standard InChI is InChI=1S/C16H23N3O4/c1-12(2)23-14-6-4-13(5-7-14)11-18-19-16(21)10-15(20)17-8-9-22-3/h4-7,11-12H,8-10H2,1-3H3,(H,17,20)(H,19,21). The molecule has 0 unspecified atom stereocenters. The van der Waals surface area contributed by atoms with Crippen molar-refractivity contribution in [3.63, 3.8) is 0 Å². The zero-order valence-corrected chi connectivity index (χ0v) is 13.7. The van der Waals surface area contributed by atoms with Crippen LogP contribution in [0, 0.1) is 0 Å². The number of nitrogens with one attached hydrogen (secondary N) is 2. The first kappa shape index (κ1) is 18.6. The van der Waals surface area contributed by atoms with E-state index in [1.807, 2.05) is 38.1 Å². The molecule has 0 fully saturated rings. The zero-order valence-electron chi connectivity index (χ0n) is 13.7. The summed E-state index contributed by atoms with van der Waals surface area (Å²) in [7, 11) is 1.54. The van der Waals surface area contributed by atoms with Crippen LogP contribution in [0.1, 0.15) is 25.8 Å². The van der Waals surface area contributed by atoms with Crippen molar-refractivity contribution in [2.24, 2.45) is 5.10 Å². The number of ether oxygens (including phenoxy) is 2. The van der Waals surface area contributed by atoms with E-state index in [2.05, 4.69) is 15.8 Å². The topological polar surface area (TPSA) is 89.0 Å². The first-order valence-electron chi connectivity index (χ1n) is 7.35. The molecule has 7 heteroatoms. The highest BCUT2D eigenvalue weighted by atomic mass is 16.5. The fraction of sp³-hybridized carbons (Fsp3) is 0.438. The molecule has 0 heterocycles. The molecule has 0 spiro atoms. The average Bonchev–Trinajstić information content (AvgIpc) is 2.48. The Hall–Kier alpha value is -2.41. The summed E-state index contributed by atoms with van der Waals surface area (Å²) in [5, 5.41) is 6.37. The van der Waals surface area contributed by atoms with Gasteiger partial charge in [0.05, 0.1) is 18.9 Å². The molecule has 2 amide bonds. The van der Waals surface area contributed by atoms with Gasteiger partial charge in [0, 0.05) is 13.7 Å². The summed E-state index contributed by atoms with van der Waals surface area (Å²) in [6, 6.07) is 7.30. The molecule has 0 aromatic heterocycles. The van der Waals surface area contributed by atoms with E-state index in [0.717, 1.165) is 11.3 Å². The van der Waals surface area contributed by atoms with E-state index >= 15 is 0 Å². The van der Waals surface area contributed by atoms with Crippen molar-refractivity contribution < 1.29 is 19.1 Å². The van der Waals surface area contributed by atoms with E-state index < -0.39 is 5.91 Å². The number of carbonyl (C=O) groups is 2. The summed E-state index contributed by atoms with van der Waals surface area (Å²) in [5.41, 5.74) is 3.12. The lowest BCUT2D eigenvalue weighted by Gasteiger charge is -2.09. The molecule has 0 radical (unpaired) electrons. The fourth-order valence-corrected chi connectivity index (χ4v) is 1.62. The van der Waals surface area contributed by atoms with Gasteiger partial charge in [-0.25, -0.2) is 5.43 Å². The summed E-state index contributed by atoms with van der Waals surface area (Å²) in [6.07, 6.45) is 1.34. The summed E-state index contributed by atoms with van der Waals surface area (Å²) in [4.78, 5) is 22.9. The van der Waals surface area contributed by atoms with Crippen molar-refractivity contribution in [3.8, 4) is 5.75 Å². The minimum atomic E-state index is -0.476. The van der Waals surface area contributed by atoms with Crippen LogP contribution in [0.25, 0.3) is 0 Å². The molecule has 0 atom stereocenters. The molecule has 7 nitrogen and oxygen atoms in total. The third-order valence-electron chi connectivity index (χ3n) is 2.60. The molecule has 1 rings (SSSR count). The van der Waals surface area contributed by atoms with E-state index in [9.17, 15) is 9.59 Å². The summed E-state index contributed by atoms with van der Waals surface area (Å²) in [5.74, 6) is -0.0743. The van der Waals surface area contributed by atoms with Crippen LogP contribution >= 0.6 is 0 Å². The Morgan fingerprint density at radius 2 is 1.91 bits per heavy atom. The predicted octanol–water partition coefficient (Wildman–Crippen LogP) is 1.08. The van der Waals surface area contributed by atoms with E-state index in [0.29, 0.717) is 13.2 Å². The molecule has 0 aliphatic carbocycles. The van der Waals surface area contributed by atoms with Gasteiger partial charge in [0.2, 0.25) is 11.8 Å². The van der Waals surface area contributed by atoms with Gasteiger partial charge in [-0.05, 0) is 43.7 Å². The minimum Gasteiger partial charge on any atom is -0.491 e. The van der Waals surface area contributed by atoms with Crippen molar-refractivity contribution in [3.05, 3.63) is 29.8 Å². The largest absolute Gasteiger partial charge is 0.491 e. The van der Waals surface area contributed by atoms with Gasteiger partial charge in [-0.15, -0.1) is 0 Å². The van der Waals surface area contributed by atoms with Gasteiger partial charge in [-0.2, -0.15) is 5.10 Å². The van der Waals surface area contributed by atoms with Crippen molar-refractivity contribution in [1.82, 2.24) is 10.7 Å². The maximum atomic E-state index is 11.5. The Kier molecular flexibility index (Phi) is 8.38. The lowest BCUT2D eigenvalue weighted by atomic mass is 10.2. The van der Waals surface area contributed by atoms with Crippen LogP contribution in [0.3, 0.4) is 0 Å². The summed E-state index contributed by atoms with van der Waals surface area (Å²) < 4.78 is 10.3. The van der Waals surface area contributed by atoms with Crippen LogP contribution in [-0.4, -0.2) is 44.4 Å². The van der Waals surface area contributed by atoms with Crippen LogP contribution in [0.15, 0.2) is 29.4 Å². The Morgan fingerprint density at radius 3 is 2.52 bits per heavy atom. The molecule has 0 saturated heterocycles. The first-order valence-corrected chi connectivity index (χ1v) is 7.35. The van der Waals surface area contributed by atoms with E-state index in [1.165, 1.54) is 13.3 Å². The molecule has 1 aromatic rings. The molecule has 2 N–H and O–H groups in total. The number of hydrogen-bond donors (Lipinski definition) is 2. The van der Waals surface area contributed by atoms with Crippen molar-refractivity contribution in [2.75, 3.05) is 20.3 Å². The summed E-state index contributed by atoms with van der Waals surface area (Å²) in [6.45, 7) is 4.69. The average molecular weight is 321 g/mol. The fourth-order valence-electron chi connectivity index (χ4n) is 1.62. The number of hydrazone groups is 1. The SMILES string of the molecule is COCCNC(=O)CC(=O)NN=Cc1ccc(OC(C)C)cc1. The third-order valence-corrected chi connectivity index (χ3v) is 2.60. The molecule has 126 valence electrons. The Morgan fingerprint density at radius 1 is 1.22 bits per heavy atom. The molecule has 0 bridgehead atoms. The van der Waals surface area contributed by atoms with Gasteiger partial charge < -0.3 is 14.8 Å². The number of amides is 2. The van der Waals surface area contributed by atoms with E-state index in [4.69, 9.17) is 9.47 Å². The highest BCUT2D eigenvalue weighted by molar-refractivity contribution is 5.97. The number of methoxy groups -OCH3 is 1. The minimum absolute atomic E-state index is 0.115. The number of carbonyl (C=O) groups excluding carboxylic acids is 2. The van der Waals surface area contributed by atoms with Gasteiger partial charge >= 0.3 is 0 Å². The Balaban J connectivity index is 2.34. The van der Waals surface area contributed by atoms with Crippen LogP contribution in [0.2, 0.25) is 0 Å². The predicted molar refractivity (Wildman–Crippen MR) is 87.4 cm³/mol. The highest BCUT2D eigenvalue weighted by Gasteiger charge is 2.07. The summed E-state index contributed by atoms with van der Waals surface area (Å²) >= 11 is 0. The van der Waals surface area contributed by atoms with Gasteiger partial charge in [0.1, 0.15) is 12.2 Å². The second-order valence-electron chi connectivity index (χ2n) is 5.05. The first-order chi connectivity index (χ1) is 11.0. The number of hydrogen-bond acceptors (Lipinski definition) is 5. The molecule has 0 aliphatic rings. The van der Waals surface area contributed by atoms with Crippen molar-refractivity contribution >= 4 is 18.0 Å². The van der Waals surface area contributed by atoms with E-state index in [1.54, 1.807) is 0 Å². The van der Waals surface area contributed by atoms with Gasteiger partial charge in [-0.1, -0.05) is 0 Å². The lowest BCUT2D eigenvalue weighted by Crippen LogP contribution is -2.31. The van der Waals surface area contributed by atoms with Crippen LogP contribution in [-0.2, 0) is 14.3 Å². The second kappa shape index (κ2) is 10.3. The normalized spacial score (nSPS) is 10.8. The smallest absolute Gasteiger partial charge is 0.249 e. The van der Waals surface area contributed by atoms with Crippen molar-refractivity contribution in [1.29, 1.82) is 0 Å². The zero-order chi connectivity index (χ0) is 17.1. The van der Waals surface area contributed by atoms with Crippen LogP contribution in [0.5, 0.6) is 5.75 Å². The number of rotatable bonds is 9. The molecular weight excluding hydrogens is 298 g/mol. The van der Waals surface area contributed by atoms with Crippen molar-refractivity contribution in [2.45, 2.75) is 26.4 Å². The molecule has 0 saturated carbocycles. The number of benzene rings is 1. The van der Waals surface area contributed by atoms with Gasteiger partial charge in [-0.3, -0.25) is 9.59 Å². The molecular formula is C16H23N3O4. The quantitative estimate of drug-likeness (QED) is 0.308. The molecule has 0 aliphatic heterocycles. The maximum absolute atomic E-state index is 11.5. The van der Waals surface area contributed by atoms with E-state index in [-0.39, 0.29) is 18.4 Å². The second-order valence-corrected chi connectivity index (χ2v) is 5.05. The molecule has 1 aromatic carbocycles. The van der Waals surface area contributed by atoms with Crippen LogP contribution in [0.4, 0.5) is 0 Å². The van der Waals surface area contributed by atoms with Gasteiger partial charge in [0.25, 0.3) is 0 Å². The van der Waals surface area contributed by atoms with Gasteiger partial charge in [0.15, 0.2) is 0 Å². The Bertz CT molecular complexity index is 527. The highest BCUT2D eigenvalue weighted by Crippen LogP contribution is 2.12. The monoisotopic (exact) mass is 321 g/mol. The maximum Gasteiger partial charge on any atom is 0.249 e. The van der Waals surface area contributed by atoms with Crippen LogP contribution < -0.4 is 15.5 Å². The molecule has 23 heavy (non-hydrogen) atoms. The number of nitrogens with zero attached hydrogens (tertiary/aromatic N) is 1. The lowest BCUT2D eigenvalue weighted by molar-refractivity contribution is -0.129. The Labute approximate surface area is 136 Å². The third kappa shape index (κ3) is 8.57.